The molecule has 4 heteroatoms. The van der Waals surface area contributed by atoms with Crippen molar-refractivity contribution in [2.75, 3.05) is 26.9 Å². The Kier molecular flexibility index (Phi) is 6.08. The number of hydrogen-bond acceptors (Lipinski definition) is 4. The molecule has 0 aromatic heterocycles. The van der Waals surface area contributed by atoms with E-state index in [2.05, 4.69) is 6.07 Å². The Hall–Kier alpha value is -1.57. The van der Waals surface area contributed by atoms with Gasteiger partial charge in [0.25, 0.3) is 0 Å². The van der Waals surface area contributed by atoms with Crippen LogP contribution in [0.4, 0.5) is 0 Å². The minimum Gasteiger partial charge on any atom is -0.495 e. The van der Waals surface area contributed by atoms with Gasteiger partial charge in [-0.15, -0.1) is 0 Å². The second-order valence-electron chi connectivity index (χ2n) is 3.40. The van der Waals surface area contributed by atoms with E-state index in [1.807, 2.05) is 19.1 Å². The van der Waals surface area contributed by atoms with Gasteiger partial charge < -0.3 is 14.2 Å². The summed E-state index contributed by atoms with van der Waals surface area (Å²) < 4.78 is 15.7. The van der Waals surface area contributed by atoms with Gasteiger partial charge >= 0.3 is 0 Å². The van der Waals surface area contributed by atoms with Crippen molar-refractivity contribution in [3.63, 3.8) is 0 Å². The van der Waals surface area contributed by atoms with Crippen LogP contribution in [0, 0.1) is 11.3 Å². The normalized spacial score (nSPS) is 9.94. The SMILES string of the molecule is CCOCCOCc1ccc(C#N)c(OC)c1. The molecule has 0 unspecified atom stereocenters. The molecule has 0 bridgehead atoms. The van der Waals surface area contributed by atoms with Gasteiger partial charge in [-0.05, 0) is 24.6 Å². The average molecular weight is 235 g/mol. The molecule has 0 aliphatic carbocycles. The summed E-state index contributed by atoms with van der Waals surface area (Å²) >= 11 is 0. The summed E-state index contributed by atoms with van der Waals surface area (Å²) in [7, 11) is 1.55. The third-order valence-corrected chi connectivity index (χ3v) is 2.23. The number of nitrogens with zero attached hydrogens (tertiary/aromatic N) is 1. The highest BCUT2D eigenvalue weighted by Crippen LogP contribution is 2.19. The van der Waals surface area contributed by atoms with Crippen LogP contribution in [0.1, 0.15) is 18.1 Å². The van der Waals surface area contributed by atoms with E-state index >= 15 is 0 Å². The Morgan fingerprint density at radius 3 is 2.65 bits per heavy atom. The Bertz CT molecular complexity index is 385. The van der Waals surface area contributed by atoms with E-state index in [0.29, 0.717) is 37.7 Å². The van der Waals surface area contributed by atoms with Crippen molar-refractivity contribution >= 4 is 0 Å². The van der Waals surface area contributed by atoms with E-state index in [-0.39, 0.29) is 0 Å². The topological polar surface area (TPSA) is 51.5 Å². The molecule has 1 aromatic carbocycles. The molecule has 0 aliphatic heterocycles. The van der Waals surface area contributed by atoms with Crippen LogP contribution in [0.2, 0.25) is 0 Å². The molecule has 0 aliphatic rings. The number of rotatable bonds is 7. The molecule has 17 heavy (non-hydrogen) atoms. The third-order valence-electron chi connectivity index (χ3n) is 2.23. The Morgan fingerprint density at radius 2 is 2.00 bits per heavy atom. The summed E-state index contributed by atoms with van der Waals surface area (Å²) in [6.45, 7) is 4.31. The van der Waals surface area contributed by atoms with E-state index in [9.17, 15) is 0 Å². The summed E-state index contributed by atoms with van der Waals surface area (Å²) in [5, 5.41) is 8.84. The highest BCUT2D eigenvalue weighted by Gasteiger charge is 2.03. The maximum absolute atomic E-state index is 8.84. The first-order valence-electron chi connectivity index (χ1n) is 5.54. The van der Waals surface area contributed by atoms with Crippen molar-refractivity contribution in [2.24, 2.45) is 0 Å². The molecule has 0 spiro atoms. The number of ether oxygens (including phenoxy) is 3. The van der Waals surface area contributed by atoms with Crippen LogP contribution in [0.3, 0.4) is 0 Å². The minimum atomic E-state index is 0.495. The standard InChI is InChI=1S/C13H17NO3/c1-3-16-6-7-17-10-11-4-5-12(9-14)13(8-11)15-2/h4-5,8H,3,6-7,10H2,1-2H3. The highest BCUT2D eigenvalue weighted by atomic mass is 16.5. The van der Waals surface area contributed by atoms with Crippen LogP contribution < -0.4 is 4.74 Å². The monoisotopic (exact) mass is 235 g/mol. The van der Waals surface area contributed by atoms with Crippen LogP contribution in [0.15, 0.2) is 18.2 Å². The first kappa shape index (κ1) is 13.5. The lowest BCUT2D eigenvalue weighted by Gasteiger charge is -2.07. The van der Waals surface area contributed by atoms with Gasteiger partial charge in [0.15, 0.2) is 0 Å². The second-order valence-corrected chi connectivity index (χ2v) is 3.40. The quantitative estimate of drug-likeness (QED) is 0.679. The lowest BCUT2D eigenvalue weighted by atomic mass is 10.1. The number of methoxy groups -OCH3 is 1. The first-order chi connectivity index (χ1) is 8.31. The molecular formula is C13H17NO3. The van der Waals surface area contributed by atoms with Gasteiger partial charge in [-0.1, -0.05) is 6.07 Å². The predicted molar refractivity (Wildman–Crippen MR) is 63.9 cm³/mol. The maximum atomic E-state index is 8.84. The largest absolute Gasteiger partial charge is 0.495 e. The molecule has 0 radical (unpaired) electrons. The molecule has 1 rings (SSSR count). The van der Waals surface area contributed by atoms with Crippen molar-refractivity contribution < 1.29 is 14.2 Å². The molecule has 4 nitrogen and oxygen atoms in total. The molecule has 0 atom stereocenters. The fourth-order valence-electron chi connectivity index (χ4n) is 1.37. The van der Waals surface area contributed by atoms with E-state index in [1.54, 1.807) is 13.2 Å². The minimum absolute atomic E-state index is 0.495. The average Bonchev–Trinajstić information content (AvgIpc) is 2.38. The molecule has 0 amide bonds. The fourth-order valence-corrected chi connectivity index (χ4v) is 1.37. The van der Waals surface area contributed by atoms with Crippen molar-refractivity contribution in [2.45, 2.75) is 13.5 Å². The lowest BCUT2D eigenvalue weighted by molar-refractivity contribution is 0.0452. The van der Waals surface area contributed by atoms with Gasteiger partial charge in [-0.25, -0.2) is 0 Å². The van der Waals surface area contributed by atoms with Crippen molar-refractivity contribution in [3.8, 4) is 11.8 Å². The van der Waals surface area contributed by atoms with Gasteiger partial charge in [0.2, 0.25) is 0 Å². The number of benzene rings is 1. The molecule has 0 saturated carbocycles. The fraction of sp³-hybridized carbons (Fsp3) is 0.462. The van der Waals surface area contributed by atoms with Gasteiger partial charge in [-0.2, -0.15) is 5.26 Å². The van der Waals surface area contributed by atoms with E-state index in [1.165, 1.54) is 0 Å². The molecule has 92 valence electrons. The van der Waals surface area contributed by atoms with Gasteiger partial charge in [0, 0.05) is 6.61 Å². The maximum Gasteiger partial charge on any atom is 0.136 e. The van der Waals surface area contributed by atoms with Crippen LogP contribution in [0.25, 0.3) is 0 Å². The zero-order valence-electron chi connectivity index (χ0n) is 10.2. The summed E-state index contributed by atoms with van der Waals surface area (Å²) in [5.74, 6) is 0.582. The Labute approximate surface area is 102 Å². The summed E-state index contributed by atoms with van der Waals surface area (Å²) in [4.78, 5) is 0. The van der Waals surface area contributed by atoms with Gasteiger partial charge in [-0.3, -0.25) is 0 Å². The summed E-state index contributed by atoms with van der Waals surface area (Å²) in [6, 6.07) is 7.49. The van der Waals surface area contributed by atoms with Crippen molar-refractivity contribution in [1.29, 1.82) is 5.26 Å². The molecule has 1 aromatic rings. The zero-order chi connectivity index (χ0) is 12.5. The molecule has 0 N–H and O–H groups in total. The Morgan fingerprint density at radius 1 is 1.24 bits per heavy atom. The third kappa shape index (κ3) is 4.43. The molecular weight excluding hydrogens is 218 g/mol. The lowest BCUT2D eigenvalue weighted by Crippen LogP contribution is -2.04. The number of nitriles is 1. The second kappa shape index (κ2) is 7.66. The van der Waals surface area contributed by atoms with Crippen LogP contribution >= 0.6 is 0 Å². The van der Waals surface area contributed by atoms with E-state index < -0.39 is 0 Å². The summed E-state index contributed by atoms with van der Waals surface area (Å²) in [6.07, 6.45) is 0. The number of hydrogen-bond donors (Lipinski definition) is 0. The molecule has 0 fully saturated rings. The van der Waals surface area contributed by atoms with E-state index in [0.717, 1.165) is 5.56 Å². The Balaban J connectivity index is 2.47. The first-order valence-corrected chi connectivity index (χ1v) is 5.54. The zero-order valence-corrected chi connectivity index (χ0v) is 10.2. The van der Waals surface area contributed by atoms with Crippen molar-refractivity contribution in [3.05, 3.63) is 29.3 Å². The van der Waals surface area contributed by atoms with E-state index in [4.69, 9.17) is 19.5 Å². The predicted octanol–water partition coefficient (Wildman–Crippen LogP) is 2.12. The smallest absolute Gasteiger partial charge is 0.136 e. The highest BCUT2D eigenvalue weighted by molar-refractivity contribution is 5.45. The van der Waals surface area contributed by atoms with Crippen LogP contribution in [0.5, 0.6) is 5.75 Å². The van der Waals surface area contributed by atoms with Gasteiger partial charge in [0.1, 0.15) is 11.8 Å². The van der Waals surface area contributed by atoms with Gasteiger partial charge in [0.05, 0.1) is 32.5 Å². The van der Waals surface area contributed by atoms with Crippen molar-refractivity contribution in [1.82, 2.24) is 0 Å². The van der Waals surface area contributed by atoms with Crippen LogP contribution in [-0.2, 0) is 16.1 Å². The summed E-state index contributed by atoms with van der Waals surface area (Å²) in [5.41, 5.74) is 1.52. The molecule has 0 saturated heterocycles. The van der Waals surface area contributed by atoms with Crippen LogP contribution in [-0.4, -0.2) is 26.9 Å². The molecule has 0 heterocycles.